The van der Waals surface area contributed by atoms with Crippen molar-refractivity contribution in [1.29, 1.82) is 0 Å². The highest BCUT2D eigenvalue weighted by molar-refractivity contribution is 7.99. The van der Waals surface area contributed by atoms with E-state index in [4.69, 9.17) is 0 Å². The van der Waals surface area contributed by atoms with Gasteiger partial charge in [0, 0.05) is 15.2 Å². The quantitative estimate of drug-likeness (QED) is 0.176. The summed E-state index contributed by atoms with van der Waals surface area (Å²) in [6, 6.07) is 68.4. The number of hydrogen-bond donors (Lipinski definition) is 0. The van der Waals surface area contributed by atoms with Crippen LogP contribution >= 0.6 is 11.8 Å². The summed E-state index contributed by atoms with van der Waals surface area (Å²) in [5.41, 5.74) is 18.2. The molecule has 1 unspecified atom stereocenters. The molecule has 0 fully saturated rings. The van der Waals surface area contributed by atoms with Crippen molar-refractivity contribution in [3.63, 3.8) is 0 Å². The van der Waals surface area contributed by atoms with Gasteiger partial charge in [-0.1, -0.05) is 176 Å². The van der Waals surface area contributed by atoms with Crippen molar-refractivity contribution >= 4 is 33.3 Å². The Morgan fingerprint density at radius 2 is 0.962 bits per heavy atom. The first-order chi connectivity index (χ1) is 25.8. The molecule has 0 amide bonds. The molecule has 2 aliphatic carbocycles. The maximum Gasteiger partial charge on any atom is 0.0725 e. The molecule has 1 spiro atoms. The molecule has 0 saturated carbocycles. The van der Waals surface area contributed by atoms with Gasteiger partial charge in [-0.2, -0.15) is 0 Å². The predicted molar refractivity (Wildman–Crippen MR) is 218 cm³/mol. The van der Waals surface area contributed by atoms with Crippen LogP contribution in [0.2, 0.25) is 0 Å². The van der Waals surface area contributed by atoms with Gasteiger partial charge in [-0.3, -0.25) is 0 Å². The highest BCUT2D eigenvalue weighted by Gasteiger charge is 2.52. The van der Waals surface area contributed by atoms with E-state index in [1.165, 1.54) is 109 Å². The predicted octanol–water partition coefficient (Wildman–Crippen LogP) is 13.8. The summed E-state index contributed by atoms with van der Waals surface area (Å²) in [4.78, 5) is 2.66. The third-order valence-corrected chi connectivity index (χ3v) is 13.0. The summed E-state index contributed by atoms with van der Waals surface area (Å²) < 4.78 is 0. The normalized spacial score (nSPS) is 15.7. The lowest BCUT2D eigenvalue weighted by molar-refractivity contribution is 0.795. The Hall–Kier alpha value is -6.15. The monoisotopic (exact) mass is 674 g/mol. The van der Waals surface area contributed by atoms with E-state index < -0.39 is 0 Å². The number of benzene rings is 9. The van der Waals surface area contributed by atoms with Gasteiger partial charge in [0.05, 0.1) is 5.41 Å². The summed E-state index contributed by atoms with van der Waals surface area (Å²) in [5, 5.41) is 5.28. The van der Waals surface area contributed by atoms with Crippen LogP contribution in [0.1, 0.15) is 22.3 Å². The van der Waals surface area contributed by atoms with Crippen LogP contribution < -0.4 is 0 Å². The summed E-state index contributed by atoms with van der Waals surface area (Å²) in [5.74, 6) is 0. The van der Waals surface area contributed by atoms with Crippen LogP contribution in [-0.4, -0.2) is 0 Å². The van der Waals surface area contributed by atoms with Crippen LogP contribution in [0.15, 0.2) is 192 Å². The average Bonchev–Trinajstić information content (AvgIpc) is 3.68. The van der Waals surface area contributed by atoms with Crippen LogP contribution in [0.5, 0.6) is 0 Å². The molecule has 1 heterocycles. The van der Waals surface area contributed by atoms with Gasteiger partial charge in [-0.15, -0.1) is 0 Å². The largest absolute Gasteiger partial charge is 0.0888 e. The molecule has 3 aliphatic rings. The highest BCUT2D eigenvalue weighted by atomic mass is 32.2. The second-order valence-electron chi connectivity index (χ2n) is 14.3. The molecule has 0 N–H and O–H groups in total. The molecule has 9 aromatic rings. The molecule has 0 saturated heterocycles. The van der Waals surface area contributed by atoms with E-state index in [1.54, 1.807) is 0 Å². The molecule has 52 heavy (non-hydrogen) atoms. The zero-order valence-corrected chi connectivity index (χ0v) is 29.0. The Bertz CT molecular complexity index is 2990. The minimum Gasteiger partial charge on any atom is -0.0888 e. The lowest BCUT2D eigenvalue weighted by Gasteiger charge is -2.31. The zero-order valence-electron chi connectivity index (χ0n) is 28.2. The van der Waals surface area contributed by atoms with Crippen LogP contribution in [0.25, 0.3) is 77.2 Å². The molecular formula is C51H30S. The standard InChI is InChI=1S/C51H30S/c1-2-11-36-32(10-1)25-28-45-49(36)42-14-4-7-18-44(42)51(45)43-17-6-3-12-37(43)38-26-24-34(30-46(38)51)31-20-22-33(23-21-31)35-27-29-48-50-40(35)15-9-16-41(50)39-13-5-8-19-47(39)52-48/h1-30H. The maximum absolute atomic E-state index is 2.49. The third-order valence-electron chi connectivity index (χ3n) is 11.9. The molecule has 1 heteroatoms. The SMILES string of the molecule is c1ccc2c(c1)Sc1ccc(-c3ccc(-c4ccc5c(c4)C4(c6ccccc6-5)c5ccccc5-c5c4ccc4ccccc54)cc3)c3cccc-2c13. The number of rotatable bonds is 2. The Kier molecular flexibility index (Phi) is 5.73. The Labute approximate surface area is 307 Å². The molecule has 1 aliphatic heterocycles. The van der Waals surface area contributed by atoms with Gasteiger partial charge in [-0.25, -0.2) is 0 Å². The molecule has 1 atom stereocenters. The van der Waals surface area contributed by atoms with Crippen LogP contribution in [0, 0.1) is 0 Å². The summed E-state index contributed by atoms with van der Waals surface area (Å²) in [7, 11) is 0. The van der Waals surface area contributed by atoms with E-state index in [1.807, 2.05) is 11.8 Å². The second-order valence-corrected chi connectivity index (χ2v) is 15.4. The second kappa shape index (κ2) is 10.4. The van der Waals surface area contributed by atoms with Gasteiger partial charge in [0.25, 0.3) is 0 Å². The lowest BCUT2D eigenvalue weighted by Crippen LogP contribution is -2.25. The molecule has 240 valence electrons. The highest BCUT2D eigenvalue weighted by Crippen LogP contribution is 2.64. The van der Waals surface area contributed by atoms with Gasteiger partial charge < -0.3 is 0 Å². The fourth-order valence-electron chi connectivity index (χ4n) is 9.76. The van der Waals surface area contributed by atoms with Crippen molar-refractivity contribution in [3.8, 4) is 55.6 Å². The number of hydrogen-bond acceptors (Lipinski definition) is 1. The van der Waals surface area contributed by atoms with Crippen molar-refractivity contribution in [3.05, 3.63) is 204 Å². The first-order valence-electron chi connectivity index (χ1n) is 18.1. The van der Waals surface area contributed by atoms with Gasteiger partial charge in [0.2, 0.25) is 0 Å². The molecule has 0 nitrogen and oxygen atoms in total. The lowest BCUT2D eigenvalue weighted by atomic mass is 9.70. The molecule has 0 bridgehead atoms. The molecule has 0 radical (unpaired) electrons. The molecule has 9 aromatic carbocycles. The number of fused-ring (bicyclic) bond motifs is 14. The molecule has 0 aromatic heterocycles. The smallest absolute Gasteiger partial charge is 0.0725 e. The molecule has 12 rings (SSSR count). The third kappa shape index (κ3) is 3.63. The fraction of sp³-hybridized carbons (Fsp3) is 0.0196. The average molecular weight is 675 g/mol. The van der Waals surface area contributed by atoms with Crippen LogP contribution in [0.4, 0.5) is 0 Å². The van der Waals surface area contributed by atoms with E-state index in [9.17, 15) is 0 Å². The van der Waals surface area contributed by atoms with Crippen molar-refractivity contribution in [1.82, 2.24) is 0 Å². The van der Waals surface area contributed by atoms with Gasteiger partial charge in [0.1, 0.15) is 0 Å². The van der Waals surface area contributed by atoms with Gasteiger partial charge in [0.15, 0.2) is 0 Å². The van der Waals surface area contributed by atoms with Crippen molar-refractivity contribution in [2.75, 3.05) is 0 Å². The van der Waals surface area contributed by atoms with E-state index in [-0.39, 0.29) is 5.41 Å². The first-order valence-corrected chi connectivity index (χ1v) is 18.9. The summed E-state index contributed by atoms with van der Waals surface area (Å²) in [6.07, 6.45) is 0. The zero-order chi connectivity index (χ0) is 34.0. The van der Waals surface area contributed by atoms with Gasteiger partial charge in [-0.05, 0) is 112 Å². The fourth-order valence-corrected chi connectivity index (χ4v) is 10.9. The van der Waals surface area contributed by atoms with Crippen molar-refractivity contribution in [2.24, 2.45) is 0 Å². The van der Waals surface area contributed by atoms with E-state index in [2.05, 4.69) is 182 Å². The van der Waals surface area contributed by atoms with E-state index in [0.717, 1.165) is 0 Å². The van der Waals surface area contributed by atoms with Crippen molar-refractivity contribution in [2.45, 2.75) is 15.2 Å². The van der Waals surface area contributed by atoms with E-state index in [0.29, 0.717) is 0 Å². The topological polar surface area (TPSA) is 0 Å². The van der Waals surface area contributed by atoms with Crippen molar-refractivity contribution < 1.29 is 0 Å². The van der Waals surface area contributed by atoms with Gasteiger partial charge >= 0.3 is 0 Å². The molecular weight excluding hydrogens is 645 g/mol. The maximum atomic E-state index is 2.49. The summed E-state index contributed by atoms with van der Waals surface area (Å²) in [6.45, 7) is 0. The first kappa shape index (κ1) is 28.5. The Morgan fingerprint density at radius 1 is 0.327 bits per heavy atom. The van der Waals surface area contributed by atoms with Crippen LogP contribution in [-0.2, 0) is 5.41 Å². The summed E-state index contributed by atoms with van der Waals surface area (Å²) >= 11 is 1.88. The van der Waals surface area contributed by atoms with E-state index >= 15 is 0 Å². The van der Waals surface area contributed by atoms with Crippen LogP contribution in [0.3, 0.4) is 0 Å². The minimum atomic E-state index is -0.377. The minimum absolute atomic E-state index is 0.377. The Balaban J connectivity index is 1.02. The Morgan fingerprint density at radius 3 is 1.85 bits per heavy atom.